The second-order valence-electron chi connectivity index (χ2n) is 7.93. The van der Waals surface area contributed by atoms with Gasteiger partial charge in [-0.15, -0.1) is 0 Å². The molecule has 0 aliphatic heterocycles. The van der Waals surface area contributed by atoms with Crippen molar-refractivity contribution in [1.82, 2.24) is 25.4 Å². The number of nitrogens with zero attached hydrogens (tertiary/aromatic N) is 4. The van der Waals surface area contributed by atoms with E-state index in [1.807, 2.05) is 0 Å². The van der Waals surface area contributed by atoms with Gasteiger partial charge in [0.15, 0.2) is 5.82 Å². The normalized spacial score (nSPS) is 20.3. The van der Waals surface area contributed by atoms with E-state index in [0.29, 0.717) is 42.0 Å². The third kappa shape index (κ3) is 3.79. The van der Waals surface area contributed by atoms with Crippen LogP contribution >= 0.6 is 0 Å². The molecule has 8 heteroatoms. The highest BCUT2D eigenvalue weighted by Gasteiger charge is 2.37. The van der Waals surface area contributed by atoms with Crippen molar-refractivity contribution in [1.29, 1.82) is 0 Å². The largest absolute Gasteiger partial charge is 0.476 e. The molecular formula is C19H23N5O3. The molecule has 1 N–H and O–H groups in total. The van der Waals surface area contributed by atoms with Crippen LogP contribution in [0, 0.1) is 18.8 Å². The van der Waals surface area contributed by atoms with E-state index in [0.717, 1.165) is 31.4 Å². The lowest BCUT2D eigenvalue weighted by Crippen LogP contribution is -2.31. The number of carbonyl (C=O) groups is 1. The zero-order chi connectivity index (χ0) is 18.4. The van der Waals surface area contributed by atoms with Gasteiger partial charge in [0, 0.05) is 12.8 Å². The lowest BCUT2D eigenvalue weighted by atomic mass is 10.1. The van der Waals surface area contributed by atoms with Gasteiger partial charge in [-0.05, 0) is 50.4 Å². The van der Waals surface area contributed by atoms with Crippen molar-refractivity contribution in [2.24, 2.45) is 11.8 Å². The Hall–Kier alpha value is -2.51. The molecule has 5 rings (SSSR count). The highest BCUT2D eigenvalue weighted by Crippen LogP contribution is 2.43. The van der Waals surface area contributed by atoms with E-state index < -0.39 is 0 Å². The van der Waals surface area contributed by atoms with Crippen molar-refractivity contribution in [3.05, 3.63) is 29.3 Å². The Bertz CT molecular complexity index is 855. The fraction of sp³-hybridized carbons (Fsp3) is 0.632. The van der Waals surface area contributed by atoms with Gasteiger partial charge in [0.2, 0.25) is 11.8 Å². The number of rotatable bonds is 8. The Morgan fingerprint density at radius 3 is 2.70 bits per heavy atom. The number of hydrogen-bond donors (Lipinski definition) is 1. The summed E-state index contributed by atoms with van der Waals surface area (Å²) in [5, 5.41) is 6.99. The standard InChI is InChI=1S/C19H23N5O3/c1-10-21-17(24-27-10)15(12-4-5-12)23-18(25)14-8-20-16(13-6-7-13)19(22-14)26-9-11-2-3-11/h8,11-13,15H,2-7,9H2,1H3,(H,23,25)/t15-/m1/s1. The molecule has 1 atom stereocenters. The van der Waals surface area contributed by atoms with Crippen LogP contribution in [0.25, 0.3) is 0 Å². The molecule has 0 unspecified atom stereocenters. The first-order valence-corrected chi connectivity index (χ1v) is 9.78. The van der Waals surface area contributed by atoms with E-state index in [4.69, 9.17) is 9.26 Å². The van der Waals surface area contributed by atoms with Gasteiger partial charge >= 0.3 is 0 Å². The van der Waals surface area contributed by atoms with Crippen LogP contribution in [0.15, 0.2) is 10.7 Å². The second kappa shape index (κ2) is 6.58. The number of aryl methyl sites for hydroxylation is 1. The number of aromatic nitrogens is 4. The zero-order valence-electron chi connectivity index (χ0n) is 15.4. The van der Waals surface area contributed by atoms with Crippen LogP contribution in [0.1, 0.15) is 78.4 Å². The van der Waals surface area contributed by atoms with E-state index in [1.165, 1.54) is 12.8 Å². The molecular weight excluding hydrogens is 346 g/mol. The molecule has 3 fully saturated rings. The monoisotopic (exact) mass is 369 g/mol. The van der Waals surface area contributed by atoms with Crippen molar-refractivity contribution in [3.63, 3.8) is 0 Å². The van der Waals surface area contributed by atoms with Crippen LogP contribution in [-0.4, -0.2) is 32.6 Å². The van der Waals surface area contributed by atoms with Crippen molar-refractivity contribution in [3.8, 4) is 5.88 Å². The highest BCUT2D eigenvalue weighted by atomic mass is 16.5. The van der Waals surface area contributed by atoms with Crippen LogP contribution in [0.4, 0.5) is 0 Å². The van der Waals surface area contributed by atoms with Gasteiger partial charge in [0.1, 0.15) is 11.4 Å². The van der Waals surface area contributed by atoms with Gasteiger partial charge in [0.05, 0.1) is 18.8 Å². The zero-order valence-corrected chi connectivity index (χ0v) is 15.4. The quantitative estimate of drug-likeness (QED) is 0.763. The molecule has 0 radical (unpaired) electrons. The van der Waals surface area contributed by atoms with E-state index in [1.54, 1.807) is 13.1 Å². The third-order valence-electron chi connectivity index (χ3n) is 5.32. The Kier molecular flexibility index (Phi) is 4.06. The Morgan fingerprint density at radius 1 is 1.26 bits per heavy atom. The van der Waals surface area contributed by atoms with Crippen LogP contribution in [0.3, 0.4) is 0 Å². The second-order valence-corrected chi connectivity index (χ2v) is 7.93. The van der Waals surface area contributed by atoms with E-state index in [2.05, 4.69) is 25.4 Å². The topological polar surface area (TPSA) is 103 Å². The number of amides is 1. The molecule has 3 aliphatic rings. The molecule has 1 amide bonds. The number of nitrogens with one attached hydrogen (secondary N) is 1. The predicted octanol–water partition coefficient (Wildman–Crippen LogP) is 2.72. The van der Waals surface area contributed by atoms with Gasteiger partial charge in [-0.3, -0.25) is 9.78 Å². The summed E-state index contributed by atoms with van der Waals surface area (Å²) < 4.78 is 11.0. The molecule has 0 bridgehead atoms. The first kappa shape index (κ1) is 16.6. The van der Waals surface area contributed by atoms with Crippen LogP contribution < -0.4 is 10.1 Å². The average Bonchev–Trinajstić information content (AvgIpc) is 3.54. The molecule has 142 valence electrons. The molecule has 0 saturated heterocycles. The van der Waals surface area contributed by atoms with Crippen molar-refractivity contribution < 1.29 is 14.1 Å². The van der Waals surface area contributed by atoms with Crippen molar-refractivity contribution in [2.75, 3.05) is 6.61 Å². The number of ether oxygens (including phenoxy) is 1. The van der Waals surface area contributed by atoms with Crippen molar-refractivity contribution in [2.45, 2.75) is 57.4 Å². The molecule has 0 aromatic carbocycles. The maximum atomic E-state index is 12.8. The van der Waals surface area contributed by atoms with Gasteiger partial charge in [-0.1, -0.05) is 5.16 Å². The molecule has 0 spiro atoms. The summed E-state index contributed by atoms with van der Waals surface area (Å²) in [6.07, 6.45) is 8.28. The maximum absolute atomic E-state index is 12.8. The summed E-state index contributed by atoms with van der Waals surface area (Å²) in [7, 11) is 0. The summed E-state index contributed by atoms with van der Waals surface area (Å²) >= 11 is 0. The van der Waals surface area contributed by atoms with Crippen LogP contribution in [-0.2, 0) is 0 Å². The lowest BCUT2D eigenvalue weighted by molar-refractivity contribution is 0.0922. The van der Waals surface area contributed by atoms with E-state index in [-0.39, 0.29) is 17.6 Å². The van der Waals surface area contributed by atoms with Gasteiger partial charge in [-0.25, -0.2) is 4.98 Å². The smallest absolute Gasteiger partial charge is 0.272 e. The molecule has 3 aliphatic carbocycles. The Labute approximate surface area is 157 Å². The number of hydrogen-bond acceptors (Lipinski definition) is 7. The van der Waals surface area contributed by atoms with Gasteiger partial charge in [0.25, 0.3) is 5.91 Å². The molecule has 2 heterocycles. The van der Waals surface area contributed by atoms with Crippen molar-refractivity contribution >= 4 is 5.91 Å². The van der Waals surface area contributed by atoms with Crippen LogP contribution in [0.2, 0.25) is 0 Å². The first-order chi connectivity index (χ1) is 13.2. The molecule has 3 saturated carbocycles. The van der Waals surface area contributed by atoms with E-state index in [9.17, 15) is 4.79 Å². The fourth-order valence-electron chi connectivity index (χ4n) is 3.19. The molecule has 2 aromatic rings. The van der Waals surface area contributed by atoms with E-state index >= 15 is 0 Å². The van der Waals surface area contributed by atoms with Crippen LogP contribution in [0.5, 0.6) is 5.88 Å². The lowest BCUT2D eigenvalue weighted by Gasteiger charge is -2.15. The first-order valence-electron chi connectivity index (χ1n) is 9.78. The predicted molar refractivity (Wildman–Crippen MR) is 94.2 cm³/mol. The molecule has 27 heavy (non-hydrogen) atoms. The average molecular weight is 369 g/mol. The summed E-state index contributed by atoms with van der Waals surface area (Å²) in [6, 6.07) is -0.254. The SMILES string of the molecule is Cc1nc([C@H](NC(=O)c2cnc(C3CC3)c(OCC3CC3)n2)C2CC2)no1. The molecule has 8 nitrogen and oxygen atoms in total. The summed E-state index contributed by atoms with van der Waals surface area (Å²) in [4.78, 5) is 26.1. The minimum Gasteiger partial charge on any atom is -0.476 e. The number of carbonyl (C=O) groups excluding carboxylic acids is 1. The highest BCUT2D eigenvalue weighted by molar-refractivity contribution is 5.92. The summed E-state index contributed by atoms with van der Waals surface area (Å²) in [5.74, 6) is 2.65. The van der Waals surface area contributed by atoms with Gasteiger partial charge < -0.3 is 14.6 Å². The Balaban J connectivity index is 1.34. The minimum atomic E-state index is -0.277. The fourth-order valence-corrected chi connectivity index (χ4v) is 3.19. The van der Waals surface area contributed by atoms with Gasteiger partial charge in [-0.2, -0.15) is 4.98 Å². The maximum Gasteiger partial charge on any atom is 0.272 e. The Morgan fingerprint density at radius 2 is 2.07 bits per heavy atom. The summed E-state index contributed by atoms with van der Waals surface area (Å²) in [5.41, 5.74) is 1.16. The summed E-state index contributed by atoms with van der Waals surface area (Å²) in [6.45, 7) is 2.40. The third-order valence-corrected chi connectivity index (χ3v) is 5.32. The minimum absolute atomic E-state index is 0.254. The molecule has 2 aromatic heterocycles.